The van der Waals surface area contributed by atoms with E-state index in [0.717, 1.165) is 58.6 Å². The molecule has 0 saturated heterocycles. The molecule has 136 valence electrons. The zero-order valence-electron chi connectivity index (χ0n) is 15.0. The summed E-state index contributed by atoms with van der Waals surface area (Å²) in [5.41, 5.74) is 4.55. The number of nitrogens with zero attached hydrogens (tertiary/aromatic N) is 2. The molecule has 1 N–H and O–H groups in total. The smallest absolute Gasteiger partial charge is 0.198 e. The number of H-pyrrole nitrogens is 1. The topological polar surface area (TPSA) is 77.1 Å². The van der Waals surface area contributed by atoms with Gasteiger partial charge in [0.1, 0.15) is 11.5 Å². The van der Waals surface area contributed by atoms with E-state index in [-0.39, 0.29) is 5.25 Å². The van der Waals surface area contributed by atoms with Crippen LogP contribution in [-0.4, -0.2) is 33.4 Å². The Hall–Kier alpha value is -2.41. The summed E-state index contributed by atoms with van der Waals surface area (Å²) in [6, 6.07) is 5.58. The molecule has 0 fully saturated rings. The number of methoxy groups -OCH3 is 2. The maximum absolute atomic E-state index is 13.3. The van der Waals surface area contributed by atoms with E-state index in [4.69, 9.17) is 9.47 Å². The second-order valence-corrected chi connectivity index (χ2v) is 7.99. The van der Waals surface area contributed by atoms with Crippen LogP contribution in [0.15, 0.2) is 29.6 Å². The molecule has 1 aliphatic rings. The van der Waals surface area contributed by atoms with Crippen LogP contribution in [-0.2, 0) is 17.2 Å². The molecule has 7 heteroatoms. The van der Waals surface area contributed by atoms with Gasteiger partial charge in [-0.05, 0) is 38.3 Å². The van der Waals surface area contributed by atoms with Crippen molar-refractivity contribution in [2.45, 2.75) is 36.6 Å². The van der Waals surface area contributed by atoms with Gasteiger partial charge < -0.3 is 14.5 Å². The van der Waals surface area contributed by atoms with E-state index in [2.05, 4.69) is 15.0 Å². The molecule has 2 unspecified atom stereocenters. The lowest BCUT2D eigenvalue weighted by Crippen LogP contribution is -2.18. The van der Waals surface area contributed by atoms with Crippen LogP contribution in [0.3, 0.4) is 0 Å². The molecule has 26 heavy (non-hydrogen) atoms. The SMILES string of the molecule is COc1ccc2nc(S(=O)C3CCCc4c3ncc(C)c4OC)[nH]c2c1. The molecule has 0 spiro atoms. The third-order valence-electron chi connectivity index (χ3n) is 4.86. The Balaban J connectivity index is 1.74. The highest BCUT2D eigenvalue weighted by Crippen LogP contribution is 2.40. The third kappa shape index (κ3) is 2.76. The molecular weight excluding hydrogens is 350 g/mol. The fourth-order valence-corrected chi connectivity index (χ4v) is 5.05. The van der Waals surface area contributed by atoms with Gasteiger partial charge in [0.15, 0.2) is 5.16 Å². The molecule has 2 atom stereocenters. The number of fused-ring (bicyclic) bond motifs is 2. The van der Waals surface area contributed by atoms with Gasteiger partial charge in [-0.2, -0.15) is 0 Å². The highest BCUT2D eigenvalue weighted by Gasteiger charge is 2.31. The summed E-state index contributed by atoms with van der Waals surface area (Å²) >= 11 is 0. The first-order valence-corrected chi connectivity index (χ1v) is 9.80. The second-order valence-electron chi connectivity index (χ2n) is 6.44. The summed E-state index contributed by atoms with van der Waals surface area (Å²) in [5, 5.41) is 0.295. The summed E-state index contributed by atoms with van der Waals surface area (Å²) in [4.78, 5) is 12.3. The lowest BCUT2D eigenvalue weighted by Gasteiger charge is -2.25. The molecule has 1 aliphatic carbocycles. The van der Waals surface area contributed by atoms with Gasteiger partial charge in [-0.1, -0.05) is 0 Å². The van der Waals surface area contributed by atoms with Crippen molar-refractivity contribution in [3.63, 3.8) is 0 Å². The molecule has 6 nitrogen and oxygen atoms in total. The van der Waals surface area contributed by atoms with E-state index >= 15 is 0 Å². The van der Waals surface area contributed by atoms with Gasteiger partial charge >= 0.3 is 0 Å². The van der Waals surface area contributed by atoms with Gasteiger partial charge in [-0.25, -0.2) is 4.98 Å². The number of aromatic nitrogens is 3. The zero-order valence-corrected chi connectivity index (χ0v) is 15.9. The lowest BCUT2D eigenvalue weighted by atomic mass is 9.93. The Kier molecular flexibility index (Phi) is 4.40. The molecule has 4 rings (SSSR count). The lowest BCUT2D eigenvalue weighted by molar-refractivity contribution is 0.401. The fraction of sp³-hybridized carbons (Fsp3) is 0.368. The number of nitrogens with one attached hydrogen (secondary N) is 1. The van der Waals surface area contributed by atoms with Crippen molar-refractivity contribution >= 4 is 21.8 Å². The Bertz CT molecular complexity index is 999. The van der Waals surface area contributed by atoms with Crippen molar-refractivity contribution in [1.82, 2.24) is 15.0 Å². The number of aryl methyl sites for hydroxylation is 1. The van der Waals surface area contributed by atoms with Gasteiger partial charge in [0, 0.05) is 23.4 Å². The first-order valence-electron chi connectivity index (χ1n) is 8.59. The number of imidazole rings is 1. The largest absolute Gasteiger partial charge is 0.497 e. The van der Waals surface area contributed by atoms with Crippen molar-refractivity contribution in [2.75, 3.05) is 14.2 Å². The average Bonchev–Trinajstić information content (AvgIpc) is 3.10. The van der Waals surface area contributed by atoms with Gasteiger partial charge in [0.2, 0.25) is 0 Å². The van der Waals surface area contributed by atoms with Crippen LogP contribution < -0.4 is 9.47 Å². The quantitative estimate of drug-likeness (QED) is 0.760. The first-order chi connectivity index (χ1) is 12.6. The maximum Gasteiger partial charge on any atom is 0.198 e. The van der Waals surface area contributed by atoms with Crippen LogP contribution in [0.4, 0.5) is 0 Å². The Morgan fingerprint density at radius 1 is 1.27 bits per heavy atom. The minimum absolute atomic E-state index is 0.185. The number of rotatable bonds is 4. The molecule has 2 aromatic heterocycles. The van der Waals surface area contributed by atoms with E-state index in [0.29, 0.717) is 5.16 Å². The zero-order chi connectivity index (χ0) is 18.3. The fourth-order valence-electron chi connectivity index (χ4n) is 3.59. The summed E-state index contributed by atoms with van der Waals surface area (Å²) < 4.78 is 24.1. The molecule has 0 radical (unpaired) electrons. The average molecular weight is 371 g/mol. The van der Waals surface area contributed by atoms with Crippen LogP contribution in [0.5, 0.6) is 11.5 Å². The maximum atomic E-state index is 13.3. The van der Waals surface area contributed by atoms with Gasteiger partial charge in [-0.3, -0.25) is 9.19 Å². The van der Waals surface area contributed by atoms with E-state index in [1.165, 1.54) is 0 Å². The minimum atomic E-state index is -1.31. The molecule has 2 heterocycles. The van der Waals surface area contributed by atoms with Crippen molar-refractivity contribution in [1.29, 1.82) is 0 Å². The number of hydrogen-bond donors (Lipinski definition) is 1. The standard InChI is InChI=1S/C19H21N3O3S/c1-11-10-20-17-13(18(11)25-3)5-4-6-16(17)26(23)19-21-14-8-7-12(24-2)9-15(14)22-19/h7-10,16H,4-6H2,1-3H3,(H,21,22). The van der Waals surface area contributed by atoms with Crippen molar-refractivity contribution in [3.8, 4) is 11.5 Å². The number of hydrogen-bond acceptors (Lipinski definition) is 5. The number of pyridine rings is 1. The van der Waals surface area contributed by atoms with Gasteiger partial charge in [-0.15, -0.1) is 0 Å². The van der Waals surface area contributed by atoms with Crippen LogP contribution in [0.2, 0.25) is 0 Å². The second kappa shape index (κ2) is 6.72. The van der Waals surface area contributed by atoms with E-state index < -0.39 is 10.8 Å². The summed E-state index contributed by atoms with van der Waals surface area (Å²) in [7, 11) is 1.98. The Morgan fingerprint density at radius 2 is 2.12 bits per heavy atom. The Labute approximate surface area is 154 Å². The predicted octanol–water partition coefficient (Wildman–Crippen LogP) is 3.47. The van der Waals surface area contributed by atoms with Crippen LogP contribution in [0.25, 0.3) is 11.0 Å². The summed E-state index contributed by atoms with van der Waals surface area (Å²) in [6.07, 6.45) is 4.48. The normalized spacial score (nSPS) is 17.7. The summed E-state index contributed by atoms with van der Waals surface area (Å²) in [6.45, 7) is 1.99. The van der Waals surface area contributed by atoms with Crippen LogP contribution >= 0.6 is 0 Å². The minimum Gasteiger partial charge on any atom is -0.497 e. The van der Waals surface area contributed by atoms with Crippen LogP contribution in [0, 0.1) is 6.92 Å². The summed E-state index contributed by atoms with van der Waals surface area (Å²) in [5.74, 6) is 1.61. The Morgan fingerprint density at radius 3 is 2.88 bits per heavy atom. The van der Waals surface area contributed by atoms with E-state index in [9.17, 15) is 4.21 Å². The van der Waals surface area contributed by atoms with Crippen molar-refractivity contribution in [3.05, 3.63) is 41.2 Å². The monoisotopic (exact) mass is 371 g/mol. The number of ether oxygens (including phenoxy) is 2. The van der Waals surface area contributed by atoms with Gasteiger partial charge in [0.05, 0.1) is 47.0 Å². The van der Waals surface area contributed by atoms with Crippen LogP contribution in [0.1, 0.15) is 34.9 Å². The molecule has 0 amide bonds. The molecule has 0 bridgehead atoms. The molecular formula is C19H21N3O3S. The highest BCUT2D eigenvalue weighted by atomic mass is 32.2. The highest BCUT2D eigenvalue weighted by molar-refractivity contribution is 7.85. The van der Waals surface area contributed by atoms with Gasteiger partial charge in [0.25, 0.3) is 0 Å². The molecule has 1 aromatic carbocycles. The number of benzene rings is 1. The first kappa shape index (κ1) is 17.0. The van der Waals surface area contributed by atoms with Crippen molar-refractivity contribution in [2.24, 2.45) is 0 Å². The molecule has 0 saturated carbocycles. The predicted molar refractivity (Wildman–Crippen MR) is 100 cm³/mol. The van der Waals surface area contributed by atoms with E-state index in [1.807, 2.05) is 25.1 Å². The van der Waals surface area contributed by atoms with Crippen molar-refractivity contribution < 1.29 is 13.7 Å². The van der Waals surface area contributed by atoms with E-state index in [1.54, 1.807) is 20.4 Å². The molecule has 3 aromatic rings. The number of aromatic amines is 1. The third-order valence-corrected chi connectivity index (χ3v) is 6.41. The molecule has 0 aliphatic heterocycles.